The van der Waals surface area contributed by atoms with Crippen molar-refractivity contribution in [3.63, 3.8) is 0 Å². The molecule has 3 heteroatoms. The molecule has 0 aromatic heterocycles. The smallest absolute Gasteiger partial charge is 0.334 e. The summed E-state index contributed by atoms with van der Waals surface area (Å²) in [6.07, 6.45) is 3.12. The van der Waals surface area contributed by atoms with E-state index in [1.54, 1.807) is 0 Å². The highest BCUT2D eigenvalue weighted by Gasteiger charge is 2.50. The molecule has 20 heavy (non-hydrogen) atoms. The van der Waals surface area contributed by atoms with Crippen LogP contribution >= 0.6 is 0 Å². The van der Waals surface area contributed by atoms with Crippen molar-refractivity contribution in [3.05, 3.63) is 35.4 Å². The van der Waals surface area contributed by atoms with Crippen LogP contribution in [0.4, 0.5) is 0 Å². The highest BCUT2D eigenvalue weighted by atomic mass is 16.6. The second-order valence-corrected chi connectivity index (χ2v) is 5.98. The fourth-order valence-electron chi connectivity index (χ4n) is 3.28. The molecule has 1 aromatic rings. The van der Waals surface area contributed by atoms with Crippen LogP contribution in [0.5, 0.6) is 0 Å². The van der Waals surface area contributed by atoms with Crippen molar-refractivity contribution in [2.75, 3.05) is 0 Å². The Kier molecular flexibility index (Phi) is 2.96. The van der Waals surface area contributed by atoms with E-state index in [4.69, 9.17) is 9.73 Å². The minimum absolute atomic E-state index is 0.159. The fourth-order valence-corrected chi connectivity index (χ4v) is 3.28. The quantitative estimate of drug-likeness (QED) is 0.774. The number of esters is 1. The Labute approximate surface area is 120 Å². The van der Waals surface area contributed by atoms with Crippen LogP contribution in [0.1, 0.15) is 51.2 Å². The molecule has 0 saturated carbocycles. The summed E-state index contributed by atoms with van der Waals surface area (Å²) in [6.45, 7) is 6.01. The SMILES string of the molecule is CCC1(CC)N=C2c3ccccc3CC[C@@]2(C)OC1=O. The zero-order valence-electron chi connectivity index (χ0n) is 12.4. The molecule has 0 bridgehead atoms. The molecule has 3 rings (SSSR count). The van der Waals surface area contributed by atoms with Gasteiger partial charge in [-0.15, -0.1) is 0 Å². The summed E-state index contributed by atoms with van der Waals surface area (Å²) in [5, 5.41) is 0. The van der Waals surface area contributed by atoms with Gasteiger partial charge >= 0.3 is 5.97 Å². The maximum atomic E-state index is 12.4. The first-order chi connectivity index (χ1) is 9.54. The minimum Gasteiger partial charge on any atom is -0.451 e. The van der Waals surface area contributed by atoms with Crippen LogP contribution in [0.3, 0.4) is 0 Å². The molecular weight excluding hydrogens is 250 g/mol. The molecule has 0 radical (unpaired) electrons. The van der Waals surface area contributed by atoms with E-state index in [0.29, 0.717) is 12.8 Å². The van der Waals surface area contributed by atoms with Gasteiger partial charge in [-0.3, -0.25) is 4.99 Å². The minimum atomic E-state index is -0.695. The van der Waals surface area contributed by atoms with Crippen molar-refractivity contribution in [2.45, 2.75) is 57.6 Å². The van der Waals surface area contributed by atoms with Crippen LogP contribution in [0, 0.1) is 0 Å². The first kappa shape index (κ1) is 13.3. The lowest BCUT2D eigenvalue weighted by molar-refractivity contribution is -0.162. The monoisotopic (exact) mass is 271 g/mol. The summed E-state index contributed by atoms with van der Waals surface area (Å²) in [4.78, 5) is 17.3. The van der Waals surface area contributed by atoms with Gasteiger partial charge in [-0.1, -0.05) is 38.1 Å². The number of aryl methyl sites for hydroxylation is 1. The summed E-state index contributed by atoms with van der Waals surface area (Å²) >= 11 is 0. The van der Waals surface area contributed by atoms with Crippen LogP contribution in [0.2, 0.25) is 0 Å². The summed E-state index contributed by atoms with van der Waals surface area (Å²) in [5.74, 6) is -0.159. The molecule has 1 heterocycles. The maximum Gasteiger partial charge on any atom is 0.334 e. The van der Waals surface area contributed by atoms with Crippen molar-refractivity contribution >= 4 is 11.7 Å². The van der Waals surface area contributed by atoms with Gasteiger partial charge in [0.25, 0.3) is 0 Å². The first-order valence-corrected chi connectivity index (χ1v) is 7.47. The van der Waals surface area contributed by atoms with Crippen LogP contribution in [-0.2, 0) is 16.0 Å². The summed E-state index contributed by atoms with van der Waals surface area (Å²) in [7, 11) is 0. The Hall–Kier alpha value is -1.64. The third-order valence-corrected chi connectivity index (χ3v) is 4.84. The molecule has 1 atom stereocenters. The molecule has 0 N–H and O–H groups in total. The lowest BCUT2D eigenvalue weighted by Crippen LogP contribution is -2.55. The Morgan fingerprint density at radius 1 is 1.25 bits per heavy atom. The van der Waals surface area contributed by atoms with Crippen LogP contribution in [0.15, 0.2) is 29.3 Å². The summed E-state index contributed by atoms with van der Waals surface area (Å²) in [5.41, 5.74) is 2.17. The Bertz CT molecular complexity index is 586. The second-order valence-electron chi connectivity index (χ2n) is 5.98. The van der Waals surface area contributed by atoms with Gasteiger partial charge in [0.15, 0.2) is 11.1 Å². The van der Waals surface area contributed by atoms with Crippen LogP contribution in [-0.4, -0.2) is 22.8 Å². The number of benzene rings is 1. The number of carbonyl (C=O) groups excluding carboxylic acids is 1. The van der Waals surface area contributed by atoms with E-state index in [9.17, 15) is 4.79 Å². The average molecular weight is 271 g/mol. The summed E-state index contributed by atoms with van der Waals surface area (Å²) in [6, 6.07) is 8.33. The summed E-state index contributed by atoms with van der Waals surface area (Å²) < 4.78 is 5.86. The van der Waals surface area contributed by atoms with Crippen molar-refractivity contribution in [2.24, 2.45) is 4.99 Å². The van der Waals surface area contributed by atoms with E-state index in [1.165, 1.54) is 5.56 Å². The van der Waals surface area contributed by atoms with E-state index < -0.39 is 11.1 Å². The fraction of sp³-hybridized carbons (Fsp3) is 0.529. The van der Waals surface area contributed by atoms with E-state index >= 15 is 0 Å². The third kappa shape index (κ3) is 1.72. The van der Waals surface area contributed by atoms with Crippen LogP contribution in [0.25, 0.3) is 0 Å². The van der Waals surface area contributed by atoms with Gasteiger partial charge in [0.1, 0.15) is 0 Å². The molecule has 0 fully saturated rings. The Balaban J connectivity index is 2.21. The molecule has 0 saturated heterocycles. The normalized spacial score (nSPS) is 27.1. The van der Waals surface area contributed by atoms with E-state index in [1.807, 2.05) is 26.8 Å². The number of fused-ring (bicyclic) bond motifs is 3. The molecule has 0 unspecified atom stereocenters. The van der Waals surface area contributed by atoms with E-state index in [0.717, 1.165) is 24.1 Å². The lowest BCUT2D eigenvalue weighted by atomic mass is 9.77. The molecule has 1 aliphatic heterocycles. The largest absolute Gasteiger partial charge is 0.451 e. The van der Waals surface area contributed by atoms with Gasteiger partial charge in [-0.2, -0.15) is 0 Å². The zero-order chi connectivity index (χ0) is 14.4. The van der Waals surface area contributed by atoms with Gasteiger partial charge < -0.3 is 4.74 Å². The predicted molar refractivity (Wildman–Crippen MR) is 79.1 cm³/mol. The molecule has 106 valence electrons. The van der Waals surface area contributed by atoms with E-state index in [2.05, 4.69) is 18.2 Å². The van der Waals surface area contributed by atoms with Gasteiger partial charge in [-0.05, 0) is 38.2 Å². The number of carbonyl (C=O) groups is 1. The van der Waals surface area contributed by atoms with Crippen molar-refractivity contribution in [1.29, 1.82) is 0 Å². The molecular formula is C17H21NO2. The lowest BCUT2D eigenvalue weighted by Gasteiger charge is -2.44. The number of rotatable bonds is 2. The zero-order valence-corrected chi connectivity index (χ0v) is 12.4. The van der Waals surface area contributed by atoms with Crippen molar-refractivity contribution < 1.29 is 9.53 Å². The number of ether oxygens (including phenoxy) is 1. The van der Waals surface area contributed by atoms with Crippen molar-refractivity contribution in [3.8, 4) is 0 Å². The molecule has 0 amide bonds. The number of nitrogens with zero attached hydrogens (tertiary/aromatic N) is 1. The Morgan fingerprint density at radius 2 is 1.95 bits per heavy atom. The number of aliphatic imine (C=N–C) groups is 1. The number of hydrogen-bond acceptors (Lipinski definition) is 3. The molecule has 3 nitrogen and oxygen atoms in total. The van der Waals surface area contributed by atoms with Gasteiger partial charge in [0.2, 0.25) is 0 Å². The average Bonchev–Trinajstić information content (AvgIpc) is 2.46. The molecule has 1 aromatic carbocycles. The standard InChI is InChI=1S/C17H21NO2/c1-4-17(5-2)15(19)20-16(3)11-10-12-8-6-7-9-13(12)14(16)18-17/h6-9H,4-5,10-11H2,1-3H3/t16-/m1/s1. The topological polar surface area (TPSA) is 38.7 Å². The Morgan fingerprint density at radius 3 is 2.65 bits per heavy atom. The maximum absolute atomic E-state index is 12.4. The molecule has 2 aliphatic rings. The van der Waals surface area contributed by atoms with Crippen LogP contribution < -0.4 is 0 Å². The highest BCUT2D eigenvalue weighted by Crippen LogP contribution is 2.40. The first-order valence-electron chi connectivity index (χ1n) is 7.47. The second kappa shape index (κ2) is 4.44. The van der Waals surface area contributed by atoms with Gasteiger partial charge in [-0.25, -0.2) is 4.79 Å². The van der Waals surface area contributed by atoms with Gasteiger partial charge in [0.05, 0.1) is 5.71 Å². The van der Waals surface area contributed by atoms with Gasteiger partial charge in [0, 0.05) is 5.56 Å². The third-order valence-electron chi connectivity index (χ3n) is 4.84. The van der Waals surface area contributed by atoms with E-state index in [-0.39, 0.29) is 5.97 Å². The predicted octanol–water partition coefficient (Wildman–Crippen LogP) is 3.30. The number of hydrogen-bond donors (Lipinski definition) is 0. The molecule has 1 aliphatic carbocycles. The van der Waals surface area contributed by atoms with Crippen molar-refractivity contribution in [1.82, 2.24) is 0 Å². The molecule has 0 spiro atoms. The highest BCUT2D eigenvalue weighted by molar-refractivity contribution is 6.12.